The third-order valence-corrected chi connectivity index (χ3v) is 5.81. The Morgan fingerprint density at radius 1 is 1.00 bits per heavy atom. The minimum absolute atomic E-state index is 0.164. The van der Waals surface area contributed by atoms with E-state index >= 15 is 0 Å². The number of nitrogens with one attached hydrogen (secondary N) is 1. The molecule has 9 heteroatoms. The number of halogens is 1. The molecule has 8 nitrogen and oxygen atoms in total. The quantitative estimate of drug-likeness (QED) is 0.363. The highest BCUT2D eigenvalue weighted by atomic mass is 19.1. The van der Waals surface area contributed by atoms with E-state index in [2.05, 4.69) is 32.1 Å². The second-order valence-electron chi connectivity index (χ2n) is 8.38. The number of pyridine rings is 1. The lowest BCUT2D eigenvalue weighted by Gasteiger charge is -2.21. The van der Waals surface area contributed by atoms with Gasteiger partial charge in [0.1, 0.15) is 40.9 Å². The number of fused-ring (bicyclic) bond motifs is 1. The van der Waals surface area contributed by atoms with Gasteiger partial charge in [0.2, 0.25) is 0 Å². The third-order valence-electron chi connectivity index (χ3n) is 5.81. The topological polar surface area (TPSA) is 112 Å². The Labute approximate surface area is 212 Å². The molecule has 0 saturated carbocycles. The second-order valence-corrected chi connectivity index (χ2v) is 8.38. The summed E-state index contributed by atoms with van der Waals surface area (Å²) in [6, 6.07) is 17.2. The van der Waals surface area contributed by atoms with Crippen molar-refractivity contribution in [1.29, 1.82) is 0 Å². The molecule has 0 amide bonds. The van der Waals surface area contributed by atoms with Crippen LogP contribution in [0.5, 0.6) is 0 Å². The van der Waals surface area contributed by atoms with Gasteiger partial charge in [-0.2, -0.15) is 0 Å². The van der Waals surface area contributed by atoms with Gasteiger partial charge in [-0.3, -0.25) is 9.36 Å². The van der Waals surface area contributed by atoms with Gasteiger partial charge in [-0.25, -0.2) is 24.3 Å². The van der Waals surface area contributed by atoms with Crippen LogP contribution in [0.1, 0.15) is 35.6 Å². The number of para-hydroxylation sites is 1. The predicted molar refractivity (Wildman–Crippen MR) is 141 cm³/mol. The average Bonchev–Trinajstić information content (AvgIpc) is 2.89. The zero-order valence-corrected chi connectivity index (χ0v) is 20.1. The standard InChI is InChI=1S/C28H22FN7O/c1-17-7-6-10-23-24(17)28(37)36(21-8-4-3-5-9-21)27(35-23)18(2)34-26-22(25(30)32-16-33-26)14-13-20-12-11-19(29)15-31-20/h3-12,15-16,18H,1-2H3,(H3,30,32,33,34). The fourth-order valence-electron chi connectivity index (χ4n) is 4.01. The Balaban J connectivity index is 1.61. The molecule has 0 spiro atoms. The number of benzene rings is 2. The molecule has 3 heterocycles. The van der Waals surface area contributed by atoms with Crippen molar-refractivity contribution < 1.29 is 4.39 Å². The van der Waals surface area contributed by atoms with Crippen LogP contribution in [0.25, 0.3) is 16.6 Å². The molecule has 1 unspecified atom stereocenters. The van der Waals surface area contributed by atoms with Crippen LogP contribution in [0.4, 0.5) is 16.0 Å². The first-order valence-electron chi connectivity index (χ1n) is 11.5. The third kappa shape index (κ3) is 4.73. The summed E-state index contributed by atoms with van der Waals surface area (Å²) in [4.78, 5) is 30.9. The first-order valence-corrected chi connectivity index (χ1v) is 11.5. The van der Waals surface area contributed by atoms with E-state index in [0.29, 0.717) is 39.5 Å². The average molecular weight is 492 g/mol. The van der Waals surface area contributed by atoms with E-state index in [1.54, 1.807) is 4.57 Å². The van der Waals surface area contributed by atoms with E-state index in [1.165, 1.54) is 18.5 Å². The monoisotopic (exact) mass is 491 g/mol. The molecule has 182 valence electrons. The lowest BCUT2D eigenvalue weighted by atomic mass is 10.1. The number of hydrogen-bond acceptors (Lipinski definition) is 7. The largest absolute Gasteiger partial charge is 0.382 e. The summed E-state index contributed by atoms with van der Waals surface area (Å²) in [5.74, 6) is 6.37. The van der Waals surface area contributed by atoms with E-state index in [9.17, 15) is 9.18 Å². The van der Waals surface area contributed by atoms with E-state index in [4.69, 9.17) is 10.7 Å². The Morgan fingerprint density at radius 2 is 1.81 bits per heavy atom. The summed E-state index contributed by atoms with van der Waals surface area (Å²) in [6.45, 7) is 3.77. The van der Waals surface area contributed by atoms with Crippen LogP contribution in [-0.2, 0) is 0 Å². The summed E-state index contributed by atoms with van der Waals surface area (Å²) in [7, 11) is 0. The summed E-state index contributed by atoms with van der Waals surface area (Å²) in [5, 5.41) is 3.86. The molecule has 5 rings (SSSR count). The van der Waals surface area contributed by atoms with Crippen LogP contribution in [-0.4, -0.2) is 24.5 Å². The van der Waals surface area contributed by atoms with Crippen molar-refractivity contribution in [1.82, 2.24) is 24.5 Å². The summed E-state index contributed by atoms with van der Waals surface area (Å²) in [5.41, 5.74) is 8.82. The van der Waals surface area contributed by atoms with Gasteiger partial charge >= 0.3 is 0 Å². The van der Waals surface area contributed by atoms with Crippen molar-refractivity contribution in [2.75, 3.05) is 11.1 Å². The number of aromatic nitrogens is 5. The van der Waals surface area contributed by atoms with E-state index in [1.807, 2.05) is 62.4 Å². The molecular formula is C28H22FN7O. The zero-order valence-electron chi connectivity index (χ0n) is 20.1. The maximum absolute atomic E-state index is 13.7. The van der Waals surface area contributed by atoms with Crippen molar-refractivity contribution in [2.24, 2.45) is 0 Å². The van der Waals surface area contributed by atoms with Crippen molar-refractivity contribution in [3.63, 3.8) is 0 Å². The fourth-order valence-corrected chi connectivity index (χ4v) is 4.01. The first kappa shape index (κ1) is 23.6. The summed E-state index contributed by atoms with van der Waals surface area (Å²) in [6.07, 6.45) is 2.42. The summed E-state index contributed by atoms with van der Waals surface area (Å²) >= 11 is 0. The van der Waals surface area contributed by atoms with E-state index < -0.39 is 11.9 Å². The molecule has 3 N–H and O–H groups in total. The highest BCUT2D eigenvalue weighted by Crippen LogP contribution is 2.24. The van der Waals surface area contributed by atoms with Crippen molar-refractivity contribution in [3.05, 3.63) is 112 Å². The van der Waals surface area contributed by atoms with Gasteiger partial charge in [0, 0.05) is 0 Å². The maximum atomic E-state index is 13.7. The van der Waals surface area contributed by atoms with Crippen LogP contribution in [0.2, 0.25) is 0 Å². The van der Waals surface area contributed by atoms with Gasteiger partial charge in [-0.05, 0) is 55.7 Å². The van der Waals surface area contributed by atoms with Gasteiger partial charge in [0.05, 0.1) is 28.8 Å². The van der Waals surface area contributed by atoms with Crippen LogP contribution < -0.4 is 16.6 Å². The van der Waals surface area contributed by atoms with Crippen LogP contribution in [0.3, 0.4) is 0 Å². The van der Waals surface area contributed by atoms with Gasteiger partial charge in [-0.1, -0.05) is 36.3 Å². The minimum Gasteiger partial charge on any atom is -0.382 e. The molecule has 37 heavy (non-hydrogen) atoms. The summed E-state index contributed by atoms with van der Waals surface area (Å²) < 4.78 is 14.8. The Morgan fingerprint density at radius 3 is 2.57 bits per heavy atom. The number of hydrogen-bond donors (Lipinski definition) is 2. The highest BCUT2D eigenvalue weighted by molar-refractivity contribution is 5.81. The van der Waals surface area contributed by atoms with Crippen molar-refractivity contribution >= 4 is 22.5 Å². The van der Waals surface area contributed by atoms with Crippen LogP contribution in [0.15, 0.2) is 78.0 Å². The molecule has 0 saturated heterocycles. The predicted octanol–water partition coefficient (Wildman–Crippen LogP) is 4.17. The van der Waals surface area contributed by atoms with Crippen LogP contribution >= 0.6 is 0 Å². The molecule has 5 aromatic rings. The molecule has 0 radical (unpaired) electrons. The zero-order chi connectivity index (χ0) is 25.9. The normalized spacial score (nSPS) is 11.5. The molecule has 0 fully saturated rings. The van der Waals surface area contributed by atoms with Gasteiger partial charge in [-0.15, -0.1) is 0 Å². The van der Waals surface area contributed by atoms with Gasteiger partial charge < -0.3 is 11.1 Å². The van der Waals surface area contributed by atoms with Crippen molar-refractivity contribution in [2.45, 2.75) is 19.9 Å². The lowest BCUT2D eigenvalue weighted by molar-refractivity contribution is 0.621. The lowest BCUT2D eigenvalue weighted by Crippen LogP contribution is -2.28. The SMILES string of the molecule is Cc1cccc2nc(C(C)Nc3ncnc(N)c3C#Cc3ccc(F)cn3)n(-c3ccccc3)c(=O)c12. The molecular weight excluding hydrogens is 469 g/mol. The van der Waals surface area contributed by atoms with E-state index in [-0.39, 0.29) is 11.4 Å². The number of nitrogens with two attached hydrogens (primary N) is 1. The van der Waals surface area contributed by atoms with E-state index in [0.717, 1.165) is 11.8 Å². The molecule has 0 bridgehead atoms. The molecule has 3 aromatic heterocycles. The smallest absolute Gasteiger partial charge is 0.266 e. The first-order chi connectivity index (χ1) is 17.9. The maximum Gasteiger partial charge on any atom is 0.266 e. The number of nitrogen functional groups attached to an aromatic ring is 1. The molecule has 2 aromatic carbocycles. The van der Waals surface area contributed by atoms with Gasteiger partial charge in [0.15, 0.2) is 0 Å². The number of anilines is 2. The molecule has 0 aliphatic rings. The molecule has 0 aliphatic heterocycles. The number of rotatable bonds is 4. The number of aryl methyl sites for hydroxylation is 1. The van der Waals surface area contributed by atoms with Crippen molar-refractivity contribution in [3.8, 4) is 17.5 Å². The fraction of sp³-hybridized carbons (Fsp3) is 0.107. The number of nitrogens with zero attached hydrogens (tertiary/aromatic N) is 5. The second kappa shape index (κ2) is 9.87. The molecule has 1 atom stereocenters. The highest BCUT2D eigenvalue weighted by Gasteiger charge is 2.20. The Bertz CT molecular complexity index is 1720. The van der Waals surface area contributed by atoms with Crippen LogP contribution in [0, 0.1) is 24.6 Å². The Kier molecular flexibility index (Phi) is 6.31. The Hall–Kier alpha value is -5.10. The molecule has 0 aliphatic carbocycles. The van der Waals surface area contributed by atoms with Gasteiger partial charge in [0.25, 0.3) is 5.56 Å². The minimum atomic E-state index is -0.475.